The van der Waals surface area contributed by atoms with Crippen molar-refractivity contribution in [3.63, 3.8) is 0 Å². The topological polar surface area (TPSA) is 0 Å². The highest BCUT2D eigenvalue weighted by molar-refractivity contribution is 6.36. The first-order valence-corrected chi connectivity index (χ1v) is 8.70. The molecule has 0 bridgehead atoms. The average Bonchev–Trinajstić information content (AvgIpc) is 2.50. The summed E-state index contributed by atoms with van der Waals surface area (Å²) < 4.78 is 0. The maximum absolute atomic E-state index is 3.63. The van der Waals surface area contributed by atoms with Gasteiger partial charge in [-0.3, -0.25) is 0 Å². The molecule has 0 nitrogen and oxygen atoms in total. The number of benzene rings is 2. The Bertz CT molecular complexity index is 414. The Kier molecular flexibility index (Phi) is 8.07. The second-order valence-electron chi connectivity index (χ2n) is 4.24. The van der Waals surface area contributed by atoms with E-state index < -0.39 is 0 Å². The van der Waals surface area contributed by atoms with E-state index in [1.807, 2.05) is 24.3 Å². The predicted molar refractivity (Wildman–Crippen MR) is 90.4 cm³/mol. The lowest BCUT2D eigenvalue weighted by atomic mass is 10.1. The Morgan fingerprint density at radius 3 is 1.37 bits per heavy atom. The summed E-state index contributed by atoms with van der Waals surface area (Å²) in [5.74, 6) is 0. The molecule has 2 rings (SSSR count). The molecule has 0 saturated heterocycles. The summed E-state index contributed by atoms with van der Waals surface area (Å²) in [7, 11) is 0.175. The third-order valence-electron chi connectivity index (χ3n) is 2.70. The fraction of sp³-hybridized carbons (Fsp3) is 0.111. The highest BCUT2D eigenvalue weighted by atomic mass is 28.2. The maximum atomic E-state index is 3.63. The first kappa shape index (κ1) is 15.2. The second-order valence-corrected chi connectivity index (χ2v) is 6.10. The van der Waals surface area contributed by atoms with Gasteiger partial charge >= 0.3 is 0 Å². The Labute approximate surface area is 119 Å². The van der Waals surface area contributed by atoms with Crippen LogP contribution in [0.2, 0.25) is 12.1 Å². The molecule has 0 aliphatic carbocycles. The quantitative estimate of drug-likeness (QED) is 0.417. The van der Waals surface area contributed by atoms with Crippen LogP contribution in [0.3, 0.4) is 0 Å². The standard InChI is InChI=1S/C12H10.C6H12Si/c1-3-7-11(8-4-1)12-9-5-2-6-10-12;1-3-5-7-6-4-2/h1-10H;3-4H,1-2,5-7H2. The van der Waals surface area contributed by atoms with Crippen molar-refractivity contribution < 1.29 is 0 Å². The molecular weight excluding hydrogens is 244 g/mol. The van der Waals surface area contributed by atoms with Crippen molar-refractivity contribution in [2.45, 2.75) is 12.1 Å². The zero-order valence-corrected chi connectivity index (χ0v) is 12.9. The summed E-state index contributed by atoms with van der Waals surface area (Å²) >= 11 is 0. The van der Waals surface area contributed by atoms with Gasteiger partial charge in [0, 0.05) is 9.52 Å². The van der Waals surface area contributed by atoms with Crippen molar-refractivity contribution in [1.82, 2.24) is 0 Å². The molecule has 0 aliphatic rings. The lowest BCUT2D eigenvalue weighted by Gasteiger charge is -1.98. The summed E-state index contributed by atoms with van der Waals surface area (Å²) in [5, 5.41) is 0. The van der Waals surface area contributed by atoms with Gasteiger partial charge in [-0.1, -0.05) is 72.8 Å². The largest absolute Gasteiger partial charge is 0.103 e. The molecule has 98 valence electrons. The van der Waals surface area contributed by atoms with E-state index in [1.54, 1.807) is 0 Å². The van der Waals surface area contributed by atoms with E-state index in [-0.39, 0.29) is 9.52 Å². The molecule has 0 atom stereocenters. The van der Waals surface area contributed by atoms with E-state index in [9.17, 15) is 0 Å². The molecular formula is C18H22Si. The second kappa shape index (κ2) is 10.1. The van der Waals surface area contributed by atoms with Gasteiger partial charge in [-0.25, -0.2) is 0 Å². The van der Waals surface area contributed by atoms with Gasteiger partial charge in [0.05, 0.1) is 0 Å². The molecule has 2 aromatic rings. The van der Waals surface area contributed by atoms with Gasteiger partial charge in [0.25, 0.3) is 0 Å². The minimum absolute atomic E-state index is 0.175. The summed E-state index contributed by atoms with van der Waals surface area (Å²) in [6, 6.07) is 23.3. The smallest absolute Gasteiger partial charge is 0.0280 e. The molecule has 0 heterocycles. The molecule has 0 N–H and O–H groups in total. The van der Waals surface area contributed by atoms with Gasteiger partial charge in [0.2, 0.25) is 0 Å². The van der Waals surface area contributed by atoms with E-state index in [0.717, 1.165) is 0 Å². The number of allylic oxidation sites excluding steroid dienone is 2. The Balaban J connectivity index is 0.000000224. The van der Waals surface area contributed by atoms with Gasteiger partial charge in [0.15, 0.2) is 0 Å². The van der Waals surface area contributed by atoms with Crippen molar-refractivity contribution >= 4 is 9.52 Å². The fourth-order valence-corrected chi connectivity index (χ4v) is 2.48. The number of rotatable bonds is 5. The van der Waals surface area contributed by atoms with Crippen molar-refractivity contribution in [3.05, 3.63) is 86.0 Å². The Hall–Kier alpha value is -1.86. The summed E-state index contributed by atoms with van der Waals surface area (Å²) in [6.07, 6.45) is 3.99. The van der Waals surface area contributed by atoms with E-state index in [2.05, 4.69) is 61.7 Å². The first-order valence-electron chi connectivity index (χ1n) is 6.70. The van der Waals surface area contributed by atoms with Crippen LogP contribution < -0.4 is 0 Å². The molecule has 0 unspecified atom stereocenters. The summed E-state index contributed by atoms with van der Waals surface area (Å²) in [6.45, 7) is 7.27. The van der Waals surface area contributed by atoms with Crippen molar-refractivity contribution in [2.24, 2.45) is 0 Å². The van der Waals surface area contributed by atoms with Gasteiger partial charge in [0.1, 0.15) is 0 Å². The maximum Gasteiger partial charge on any atom is 0.0280 e. The van der Waals surface area contributed by atoms with E-state index >= 15 is 0 Å². The monoisotopic (exact) mass is 266 g/mol. The zero-order valence-electron chi connectivity index (χ0n) is 11.5. The predicted octanol–water partition coefficient (Wildman–Crippen LogP) is 4.72. The molecule has 0 amide bonds. The highest BCUT2D eigenvalue weighted by Gasteiger charge is 1.91. The van der Waals surface area contributed by atoms with Crippen molar-refractivity contribution in [2.75, 3.05) is 0 Å². The molecule has 0 radical (unpaired) electrons. The van der Waals surface area contributed by atoms with Crippen LogP contribution in [-0.2, 0) is 0 Å². The van der Waals surface area contributed by atoms with Crippen LogP contribution in [0, 0.1) is 0 Å². The van der Waals surface area contributed by atoms with Crippen LogP contribution in [0.25, 0.3) is 11.1 Å². The minimum Gasteiger partial charge on any atom is -0.103 e. The molecule has 0 fully saturated rings. The minimum atomic E-state index is 0.175. The third-order valence-corrected chi connectivity index (χ3v) is 4.33. The molecule has 0 saturated carbocycles. The van der Waals surface area contributed by atoms with Crippen LogP contribution in [-0.4, -0.2) is 9.52 Å². The molecule has 19 heavy (non-hydrogen) atoms. The third kappa shape index (κ3) is 6.58. The Morgan fingerprint density at radius 1 is 0.684 bits per heavy atom. The molecule has 0 aromatic heterocycles. The van der Waals surface area contributed by atoms with Crippen LogP contribution in [0.5, 0.6) is 0 Å². The summed E-state index contributed by atoms with van der Waals surface area (Å²) in [5.41, 5.74) is 2.55. The van der Waals surface area contributed by atoms with E-state index in [4.69, 9.17) is 0 Å². The van der Waals surface area contributed by atoms with Gasteiger partial charge in [-0.2, -0.15) is 0 Å². The lowest BCUT2D eigenvalue weighted by Crippen LogP contribution is -1.79. The van der Waals surface area contributed by atoms with Crippen LogP contribution in [0.1, 0.15) is 0 Å². The normalized spacial score (nSPS) is 9.05. The Morgan fingerprint density at radius 2 is 1.05 bits per heavy atom. The van der Waals surface area contributed by atoms with Gasteiger partial charge < -0.3 is 0 Å². The molecule has 2 aromatic carbocycles. The van der Waals surface area contributed by atoms with E-state index in [0.29, 0.717) is 0 Å². The van der Waals surface area contributed by atoms with Crippen LogP contribution in [0.4, 0.5) is 0 Å². The molecule has 0 spiro atoms. The zero-order chi connectivity index (χ0) is 13.8. The SMILES string of the molecule is C=CC[SiH2]CC=C.c1ccc(-c2ccccc2)cc1. The highest BCUT2D eigenvalue weighted by Crippen LogP contribution is 2.17. The number of hydrogen-bond acceptors (Lipinski definition) is 0. The molecule has 0 aliphatic heterocycles. The summed E-state index contributed by atoms with van der Waals surface area (Å²) in [4.78, 5) is 0. The van der Waals surface area contributed by atoms with Gasteiger partial charge in [-0.05, 0) is 23.2 Å². The number of hydrogen-bond donors (Lipinski definition) is 0. The molecule has 1 heteroatoms. The average molecular weight is 266 g/mol. The van der Waals surface area contributed by atoms with Crippen molar-refractivity contribution in [1.29, 1.82) is 0 Å². The van der Waals surface area contributed by atoms with Crippen LogP contribution in [0.15, 0.2) is 86.0 Å². The lowest BCUT2D eigenvalue weighted by molar-refractivity contribution is 1.60. The van der Waals surface area contributed by atoms with Gasteiger partial charge in [-0.15, -0.1) is 13.2 Å². The van der Waals surface area contributed by atoms with Crippen molar-refractivity contribution in [3.8, 4) is 11.1 Å². The fourth-order valence-electron chi connectivity index (χ4n) is 1.67. The first-order chi connectivity index (χ1) is 9.38. The van der Waals surface area contributed by atoms with Crippen LogP contribution >= 0.6 is 0 Å². The van der Waals surface area contributed by atoms with E-state index in [1.165, 1.54) is 23.2 Å².